The highest BCUT2D eigenvalue weighted by Gasteiger charge is 2.17. The van der Waals surface area contributed by atoms with Gasteiger partial charge in [0.1, 0.15) is 6.61 Å². The molecule has 2 N–H and O–H groups in total. The molecule has 0 saturated carbocycles. The molecule has 0 aromatic rings. The molecule has 0 saturated heterocycles. The van der Waals surface area contributed by atoms with E-state index in [9.17, 15) is 4.79 Å². The first-order valence-corrected chi connectivity index (χ1v) is 5.56. The van der Waals surface area contributed by atoms with Gasteiger partial charge in [0, 0.05) is 19.1 Å². The molecule has 15 heavy (non-hydrogen) atoms. The van der Waals surface area contributed by atoms with E-state index in [1.165, 1.54) is 0 Å². The van der Waals surface area contributed by atoms with Crippen molar-refractivity contribution in [2.24, 2.45) is 11.7 Å². The second-order valence-electron chi connectivity index (χ2n) is 4.37. The number of ether oxygens (including phenoxy) is 1. The Bertz CT molecular complexity index is 181. The van der Waals surface area contributed by atoms with Crippen molar-refractivity contribution >= 4 is 5.91 Å². The molecule has 0 aliphatic carbocycles. The fourth-order valence-electron chi connectivity index (χ4n) is 1.32. The summed E-state index contributed by atoms with van der Waals surface area (Å²) in [5.41, 5.74) is 5.28. The monoisotopic (exact) mass is 216 g/mol. The van der Waals surface area contributed by atoms with E-state index in [1.807, 2.05) is 18.7 Å². The van der Waals surface area contributed by atoms with Crippen LogP contribution in [0.5, 0.6) is 0 Å². The van der Waals surface area contributed by atoms with Crippen LogP contribution in [0.25, 0.3) is 0 Å². The Labute approximate surface area is 92.8 Å². The van der Waals surface area contributed by atoms with Crippen molar-refractivity contribution in [3.05, 3.63) is 0 Å². The lowest BCUT2D eigenvalue weighted by Gasteiger charge is -2.28. The van der Waals surface area contributed by atoms with Crippen LogP contribution >= 0.6 is 0 Å². The number of rotatable bonds is 7. The minimum Gasteiger partial charge on any atom is -0.370 e. The van der Waals surface area contributed by atoms with Gasteiger partial charge in [-0.05, 0) is 19.8 Å². The van der Waals surface area contributed by atoms with Gasteiger partial charge in [0.25, 0.3) is 0 Å². The third-order valence-electron chi connectivity index (χ3n) is 1.99. The largest absolute Gasteiger partial charge is 0.370 e. The van der Waals surface area contributed by atoms with Gasteiger partial charge in [-0.15, -0.1) is 0 Å². The molecule has 4 heteroatoms. The molecule has 0 aromatic carbocycles. The Morgan fingerprint density at radius 2 is 1.93 bits per heavy atom. The lowest BCUT2D eigenvalue weighted by molar-refractivity contribution is -0.138. The van der Waals surface area contributed by atoms with Gasteiger partial charge < -0.3 is 15.4 Å². The van der Waals surface area contributed by atoms with Crippen LogP contribution in [0.1, 0.15) is 27.7 Å². The van der Waals surface area contributed by atoms with Crippen LogP contribution in [0.15, 0.2) is 0 Å². The van der Waals surface area contributed by atoms with Crippen LogP contribution in [-0.2, 0) is 9.53 Å². The van der Waals surface area contributed by atoms with Gasteiger partial charge in [-0.1, -0.05) is 13.8 Å². The maximum absolute atomic E-state index is 11.8. The van der Waals surface area contributed by atoms with Crippen LogP contribution in [0.3, 0.4) is 0 Å². The quantitative estimate of drug-likeness (QED) is 0.642. The van der Waals surface area contributed by atoms with Gasteiger partial charge in [-0.25, -0.2) is 0 Å². The van der Waals surface area contributed by atoms with Gasteiger partial charge in [0.2, 0.25) is 5.91 Å². The average molecular weight is 216 g/mol. The molecular formula is C11H24N2O2. The number of carbonyl (C=O) groups is 1. The highest BCUT2D eigenvalue weighted by atomic mass is 16.5. The summed E-state index contributed by atoms with van der Waals surface area (Å²) in [6, 6.07) is 0.223. The second-order valence-corrected chi connectivity index (χ2v) is 4.37. The molecule has 4 nitrogen and oxygen atoms in total. The fourth-order valence-corrected chi connectivity index (χ4v) is 1.32. The van der Waals surface area contributed by atoms with Crippen LogP contribution in [0.4, 0.5) is 0 Å². The maximum atomic E-state index is 11.8. The number of hydrogen-bond acceptors (Lipinski definition) is 3. The van der Waals surface area contributed by atoms with Crippen molar-refractivity contribution in [2.45, 2.75) is 33.7 Å². The van der Waals surface area contributed by atoms with Crippen molar-refractivity contribution in [1.29, 1.82) is 0 Å². The molecule has 0 unspecified atom stereocenters. The summed E-state index contributed by atoms with van der Waals surface area (Å²) in [5, 5.41) is 0. The summed E-state index contributed by atoms with van der Waals surface area (Å²) in [6.07, 6.45) is 0. The zero-order valence-electron chi connectivity index (χ0n) is 10.3. The first-order valence-electron chi connectivity index (χ1n) is 5.56. The number of nitrogens with two attached hydrogens (primary N) is 1. The molecule has 0 heterocycles. The summed E-state index contributed by atoms with van der Waals surface area (Å²) in [5.74, 6) is 0.526. The summed E-state index contributed by atoms with van der Waals surface area (Å²) in [4.78, 5) is 13.6. The molecular weight excluding hydrogens is 192 g/mol. The number of amides is 1. The van der Waals surface area contributed by atoms with Gasteiger partial charge in [-0.2, -0.15) is 0 Å². The second kappa shape index (κ2) is 7.65. The van der Waals surface area contributed by atoms with E-state index in [4.69, 9.17) is 10.5 Å². The molecule has 0 spiro atoms. The van der Waals surface area contributed by atoms with E-state index in [1.54, 1.807) is 0 Å². The lowest BCUT2D eigenvalue weighted by atomic mass is 10.2. The van der Waals surface area contributed by atoms with E-state index in [0.717, 1.165) is 6.54 Å². The van der Waals surface area contributed by atoms with E-state index in [-0.39, 0.29) is 18.6 Å². The summed E-state index contributed by atoms with van der Waals surface area (Å²) in [6.45, 7) is 10.1. The number of nitrogens with zero attached hydrogens (tertiary/aromatic N) is 1. The van der Waals surface area contributed by atoms with E-state index in [0.29, 0.717) is 19.1 Å². The highest BCUT2D eigenvalue weighted by molar-refractivity contribution is 5.77. The molecule has 0 fully saturated rings. The van der Waals surface area contributed by atoms with Crippen LogP contribution < -0.4 is 5.73 Å². The summed E-state index contributed by atoms with van der Waals surface area (Å²) in [7, 11) is 0. The van der Waals surface area contributed by atoms with Crippen LogP contribution in [-0.4, -0.2) is 43.2 Å². The Kier molecular flexibility index (Phi) is 7.34. The topological polar surface area (TPSA) is 55.6 Å². The van der Waals surface area contributed by atoms with Crippen molar-refractivity contribution in [1.82, 2.24) is 4.90 Å². The van der Waals surface area contributed by atoms with E-state index >= 15 is 0 Å². The van der Waals surface area contributed by atoms with Gasteiger partial charge in [-0.3, -0.25) is 4.79 Å². The van der Waals surface area contributed by atoms with Gasteiger partial charge in [0.15, 0.2) is 0 Å². The summed E-state index contributed by atoms with van der Waals surface area (Å²) >= 11 is 0. The zero-order valence-corrected chi connectivity index (χ0v) is 10.3. The predicted molar refractivity (Wildman–Crippen MR) is 61.6 cm³/mol. The number of carbonyl (C=O) groups excluding carboxylic acids is 1. The third-order valence-corrected chi connectivity index (χ3v) is 1.99. The normalized spacial score (nSPS) is 11.1. The standard InChI is InChI=1S/C11H24N2O2/c1-9(2)7-13(10(3)4)11(14)8-15-6-5-12/h9-10H,5-8,12H2,1-4H3. The molecule has 1 amide bonds. The van der Waals surface area contributed by atoms with E-state index in [2.05, 4.69) is 13.8 Å². The first-order chi connectivity index (χ1) is 6.99. The molecule has 0 aliphatic rings. The SMILES string of the molecule is CC(C)CN(C(=O)COCCN)C(C)C. The van der Waals surface area contributed by atoms with Crippen LogP contribution in [0, 0.1) is 5.92 Å². The zero-order chi connectivity index (χ0) is 11.8. The Morgan fingerprint density at radius 3 is 2.33 bits per heavy atom. The molecule has 0 aromatic heterocycles. The van der Waals surface area contributed by atoms with Crippen molar-refractivity contribution in [3.63, 3.8) is 0 Å². The van der Waals surface area contributed by atoms with Crippen molar-refractivity contribution in [2.75, 3.05) is 26.3 Å². The minimum atomic E-state index is 0.0483. The molecule has 90 valence electrons. The third kappa shape index (κ3) is 6.47. The van der Waals surface area contributed by atoms with Crippen molar-refractivity contribution < 1.29 is 9.53 Å². The Morgan fingerprint density at radius 1 is 1.33 bits per heavy atom. The molecule has 0 radical (unpaired) electrons. The highest BCUT2D eigenvalue weighted by Crippen LogP contribution is 2.04. The summed E-state index contributed by atoms with van der Waals surface area (Å²) < 4.78 is 5.14. The Balaban J connectivity index is 4.05. The smallest absolute Gasteiger partial charge is 0.248 e. The van der Waals surface area contributed by atoms with Gasteiger partial charge in [0.05, 0.1) is 6.61 Å². The fraction of sp³-hybridized carbons (Fsp3) is 0.909. The molecule has 0 bridgehead atoms. The molecule has 0 atom stereocenters. The molecule has 0 aliphatic heterocycles. The minimum absolute atomic E-state index is 0.0483. The Hall–Kier alpha value is -0.610. The first kappa shape index (κ1) is 14.4. The van der Waals surface area contributed by atoms with E-state index < -0.39 is 0 Å². The van der Waals surface area contributed by atoms with Gasteiger partial charge >= 0.3 is 0 Å². The lowest BCUT2D eigenvalue weighted by Crippen LogP contribution is -2.41. The molecule has 0 rings (SSSR count). The number of hydrogen-bond donors (Lipinski definition) is 1. The van der Waals surface area contributed by atoms with Crippen LogP contribution in [0.2, 0.25) is 0 Å². The van der Waals surface area contributed by atoms with Crippen molar-refractivity contribution in [3.8, 4) is 0 Å². The maximum Gasteiger partial charge on any atom is 0.248 e. The average Bonchev–Trinajstić information content (AvgIpc) is 2.13. The predicted octanol–water partition coefficient (Wildman–Crippen LogP) is 0.855.